The summed E-state index contributed by atoms with van der Waals surface area (Å²) >= 11 is 1.48. The molecule has 5 heteroatoms. The summed E-state index contributed by atoms with van der Waals surface area (Å²) in [5, 5.41) is 1.96. The molecule has 0 aliphatic heterocycles. The molecule has 0 fully saturated rings. The highest BCUT2D eigenvalue weighted by Crippen LogP contribution is 2.04. The minimum Gasteiger partial charge on any atom is -0.319 e. The van der Waals surface area contributed by atoms with Crippen LogP contribution in [0.25, 0.3) is 0 Å². The predicted molar refractivity (Wildman–Crippen MR) is 91.0 cm³/mol. The number of hydrogen-bond donors (Lipinski definition) is 0. The van der Waals surface area contributed by atoms with Crippen LogP contribution in [0.5, 0.6) is 0 Å². The molecule has 0 bridgehead atoms. The zero-order chi connectivity index (χ0) is 15.9. The van der Waals surface area contributed by atoms with Crippen LogP contribution in [-0.2, 0) is 17.8 Å². The van der Waals surface area contributed by atoms with Crippen LogP contribution in [-0.4, -0.2) is 15.5 Å². The van der Waals surface area contributed by atoms with Gasteiger partial charge >= 0.3 is 0 Å². The maximum absolute atomic E-state index is 12.1. The van der Waals surface area contributed by atoms with Crippen molar-refractivity contribution in [3.63, 3.8) is 0 Å². The van der Waals surface area contributed by atoms with Crippen LogP contribution in [0.1, 0.15) is 17.5 Å². The van der Waals surface area contributed by atoms with Crippen LogP contribution in [0.15, 0.2) is 71.4 Å². The van der Waals surface area contributed by atoms with E-state index in [1.54, 1.807) is 12.4 Å². The van der Waals surface area contributed by atoms with Gasteiger partial charge in [0, 0.05) is 36.9 Å². The molecule has 0 N–H and O–H groups in total. The molecule has 3 rings (SSSR count). The molecule has 0 unspecified atom stereocenters. The Balaban J connectivity index is 1.68. The average molecular weight is 323 g/mol. The molecule has 0 aliphatic rings. The second-order valence-corrected chi connectivity index (χ2v) is 6.03. The fourth-order valence-corrected chi connectivity index (χ4v) is 3.00. The summed E-state index contributed by atoms with van der Waals surface area (Å²) in [6.45, 7) is 0.723. The van der Waals surface area contributed by atoms with E-state index in [-0.39, 0.29) is 5.91 Å². The molecule has 0 saturated carbocycles. The molecule has 3 aromatic rings. The second-order valence-electron chi connectivity index (χ2n) is 5.16. The average Bonchev–Trinajstić information content (AvgIpc) is 3.02. The second kappa shape index (κ2) is 7.65. The monoisotopic (exact) mass is 323 g/mol. The Morgan fingerprint density at radius 1 is 1.09 bits per heavy atom. The molecule has 1 aromatic carbocycles. The first kappa shape index (κ1) is 15.4. The summed E-state index contributed by atoms with van der Waals surface area (Å²) in [4.78, 5) is 21.1. The summed E-state index contributed by atoms with van der Waals surface area (Å²) < 4.78 is 2.00. The lowest BCUT2D eigenvalue weighted by Gasteiger charge is -2.02. The number of rotatable bonds is 5. The highest BCUT2D eigenvalue weighted by Gasteiger charge is 2.03. The first-order valence-electron chi connectivity index (χ1n) is 7.45. The fourth-order valence-electron chi connectivity index (χ4n) is 2.25. The number of thiazole rings is 1. The molecular weight excluding hydrogens is 306 g/mol. The van der Waals surface area contributed by atoms with Crippen molar-refractivity contribution in [2.45, 2.75) is 19.4 Å². The van der Waals surface area contributed by atoms with Crippen molar-refractivity contribution in [1.82, 2.24) is 9.55 Å². The first-order chi connectivity index (χ1) is 11.3. The number of amides is 1. The Morgan fingerprint density at radius 3 is 2.65 bits per heavy atom. The van der Waals surface area contributed by atoms with Crippen molar-refractivity contribution in [3.05, 3.63) is 82.4 Å². The number of aryl methyl sites for hydroxylation is 1. The van der Waals surface area contributed by atoms with Crippen molar-refractivity contribution in [2.24, 2.45) is 4.99 Å². The Bertz CT molecular complexity index is 822. The van der Waals surface area contributed by atoms with Crippen molar-refractivity contribution < 1.29 is 4.79 Å². The Labute approximate surface area is 138 Å². The van der Waals surface area contributed by atoms with E-state index in [1.165, 1.54) is 16.9 Å². The molecule has 0 aliphatic carbocycles. The molecule has 0 saturated heterocycles. The van der Waals surface area contributed by atoms with E-state index in [0.29, 0.717) is 12.8 Å². The van der Waals surface area contributed by atoms with Crippen LogP contribution >= 0.6 is 11.3 Å². The van der Waals surface area contributed by atoms with E-state index >= 15 is 0 Å². The lowest BCUT2D eigenvalue weighted by Crippen LogP contribution is -2.17. The van der Waals surface area contributed by atoms with Crippen LogP contribution < -0.4 is 4.80 Å². The maximum Gasteiger partial charge on any atom is 0.248 e. The van der Waals surface area contributed by atoms with E-state index < -0.39 is 0 Å². The molecule has 0 spiro atoms. The standard InChI is InChI=1S/C18H17N3OS/c22-17(7-6-15-8-10-19-11-9-15)20-18-21(12-13-23-18)14-16-4-2-1-3-5-16/h1-5,8-13H,6-7,14H2. The van der Waals surface area contributed by atoms with E-state index in [9.17, 15) is 4.79 Å². The van der Waals surface area contributed by atoms with Crippen molar-refractivity contribution in [3.8, 4) is 0 Å². The summed E-state index contributed by atoms with van der Waals surface area (Å²) in [5.41, 5.74) is 2.29. The smallest absolute Gasteiger partial charge is 0.248 e. The fraction of sp³-hybridized carbons (Fsp3) is 0.167. The van der Waals surface area contributed by atoms with Gasteiger partial charge in [-0.25, -0.2) is 0 Å². The number of benzene rings is 1. The third kappa shape index (κ3) is 4.47. The molecular formula is C18H17N3OS. The van der Waals surface area contributed by atoms with E-state index in [2.05, 4.69) is 22.1 Å². The van der Waals surface area contributed by atoms with Gasteiger partial charge in [0.05, 0.1) is 0 Å². The molecule has 23 heavy (non-hydrogen) atoms. The Kier molecular flexibility index (Phi) is 5.11. The molecule has 0 radical (unpaired) electrons. The van der Waals surface area contributed by atoms with Gasteiger partial charge in [-0.15, -0.1) is 11.3 Å². The molecule has 0 atom stereocenters. The van der Waals surface area contributed by atoms with Crippen molar-refractivity contribution in [1.29, 1.82) is 0 Å². The lowest BCUT2D eigenvalue weighted by atomic mass is 10.1. The van der Waals surface area contributed by atoms with Crippen LogP contribution in [0.4, 0.5) is 0 Å². The van der Waals surface area contributed by atoms with Gasteiger partial charge in [-0.1, -0.05) is 30.3 Å². The van der Waals surface area contributed by atoms with Gasteiger partial charge in [0.2, 0.25) is 5.91 Å². The third-order valence-electron chi connectivity index (χ3n) is 3.45. The van der Waals surface area contributed by atoms with Gasteiger partial charge in [0.1, 0.15) is 0 Å². The summed E-state index contributed by atoms with van der Waals surface area (Å²) in [6.07, 6.45) is 6.54. The molecule has 116 valence electrons. The number of hydrogen-bond acceptors (Lipinski definition) is 3. The van der Waals surface area contributed by atoms with Gasteiger partial charge in [-0.05, 0) is 29.7 Å². The quantitative estimate of drug-likeness (QED) is 0.724. The van der Waals surface area contributed by atoms with Crippen LogP contribution in [0, 0.1) is 0 Å². The maximum atomic E-state index is 12.1. The first-order valence-corrected chi connectivity index (χ1v) is 8.33. The van der Waals surface area contributed by atoms with E-state index in [1.807, 2.05) is 46.5 Å². The molecule has 4 nitrogen and oxygen atoms in total. The predicted octanol–water partition coefficient (Wildman–Crippen LogP) is 3.05. The normalized spacial score (nSPS) is 11.6. The Hall–Kier alpha value is -2.53. The summed E-state index contributed by atoms with van der Waals surface area (Å²) in [7, 11) is 0. The minimum atomic E-state index is -0.0916. The SMILES string of the molecule is O=C(CCc1ccncc1)N=c1sccn1Cc1ccccc1. The largest absolute Gasteiger partial charge is 0.319 e. The van der Waals surface area contributed by atoms with Crippen molar-refractivity contribution in [2.75, 3.05) is 0 Å². The third-order valence-corrected chi connectivity index (χ3v) is 4.25. The van der Waals surface area contributed by atoms with Crippen LogP contribution in [0.3, 0.4) is 0 Å². The van der Waals surface area contributed by atoms with Crippen LogP contribution in [0.2, 0.25) is 0 Å². The van der Waals surface area contributed by atoms with Gasteiger partial charge in [-0.3, -0.25) is 9.78 Å². The van der Waals surface area contributed by atoms with Gasteiger partial charge < -0.3 is 4.57 Å². The number of pyridine rings is 1. The van der Waals surface area contributed by atoms with Gasteiger partial charge in [-0.2, -0.15) is 4.99 Å². The number of aromatic nitrogens is 2. The minimum absolute atomic E-state index is 0.0916. The zero-order valence-electron chi connectivity index (χ0n) is 12.6. The number of nitrogens with zero attached hydrogens (tertiary/aromatic N) is 3. The molecule has 2 aromatic heterocycles. The van der Waals surface area contributed by atoms with E-state index in [4.69, 9.17) is 0 Å². The topological polar surface area (TPSA) is 47.2 Å². The number of carbonyl (C=O) groups excluding carboxylic acids is 1. The highest BCUT2D eigenvalue weighted by molar-refractivity contribution is 7.07. The van der Waals surface area contributed by atoms with Gasteiger partial charge in [0.15, 0.2) is 4.80 Å². The zero-order valence-corrected chi connectivity index (χ0v) is 13.4. The summed E-state index contributed by atoms with van der Waals surface area (Å²) in [6, 6.07) is 14.0. The molecule has 2 heterocycles. The summed E-state index contributed by atoms with van der Waals surface area (Å²) in [5.74, 6) is -0.0916. The Morgan fingerprint density at radius 2 is 1.87 bits per heavy atom. The van der Waals surface area contributed by atoms with Gasteiger partial charge in [0.25, 0.3) is 0 Å². The lowest BCUT2D eigenvalue weighted by molar-refractivity contribution is -0.118. The number of carbonyl (C=O) groups is 1. The highest BCUT2D eigenvalue weighted by atomic mass is 32.1. The van der Waals surface area contributed by atoms with Crippen molar-refractivity contribution >= 4 is 17.2 Å². The molecule has 1 amide bonds. The van der Waals surface area contributed by atoms with E-state index in [0.717, 1.165) is 16.9 Å².